The molecular formula is C18H21ClN2O5S. The predicted octanol–water partition coefficient (Wildman–Crippen LogP) is 3.00. The molecule has 1 amide bonds. The topological polar surface area (TPSA) is 84.9 Å². The SMILES string of the molecule is COc1ccc(CN(C)C(=O)c2ccc(Cl)c(NS(C)(=O)=O)c2)c(OC)c1. The second-order valence-corrected chi connectivity index (χ2v) is 8.06. The summed E-state index contributed by atoms with van der Waals surface area (Å²) in [6.07, 6.45) is 1.01. The number of sulfonamides is 1. The van der Waals surface area contributed by atoms with Crippen LogP contribution in [-0.2, 0) is 16.6 Å². The van der Waals surface area contributed by atoms with Gasteiger partial charge in [-0.2, -0.15) is 0 Å². The minimum Gasteiger partial charge on any atom is -0.497 e. The van der Waals surface area contributed by atoms with E-state index in [0.29, 0.717) is 23.6 Å². The molecule has 0 atom stereocenters. The first-order chi connectivity index (χ1) is 12.6. The highest BCUT2D eigenvalue weighted by Gasteiger charge is 2.17. The van der Waals surface area contributed by atoms with Crippen LogP contribution in [0.15, 0.2) is 36.4 Å². The molecule has 27 heavy (non-hydrogen) atoms. The number of anilines is 1. The Morgan fingerprint density at radius 2 is 1.85 bits per heavy atom. The number of methoxy groups -OCH3 is 2. The molecule has 0 saturated heterocycles. The Kier molecular flexibility index (Phi) is 6.56. The quantitative estimate of drug-likeness (QED) is 0.755. The normalized spacial score (nSPS) is 11.0. The lowest BCUT2D eigenvalue weighted by molar-refractivity contribution is 0.0784. The third-order valence-electron chi connectivity index (χ3n) is 3.76. The van der Waals surface area contributed by atoms with E-state index in [2.05, 4.69) is 4.72 Å². The molecule has 2 rings (SSSR count). The molecule has 2 aromatic carbocycles. The van der Waals surface area contributed by atoms with Crippen LogP contribution >= 0.6 is 11.6 Å². The van der Waals surface area contributed by atoms with Gasteiger partial charge in [0.25, 0.3) is 5.91 Å². The van der Waals surface area contributed by atoms with E-state index in [1.54, 1.807) is 39.5 Å². The second kappa shape index (κ2) is 8.49. The van der Waals surface area contributed by atoms with Crippen LogP contribution in [0.5, 0.6) is 11.5 Å². The van der Waals surface area contributed by atoms with E-state index in [9.17, 15) is 13.2 Å². The van der Waals surface area contributed by atoms with Crippen LogP contribution in [-0.4, -0.2) is 46.7 Å². The van der Waals surface area contributed by atoms with Crippen molar-refractivity contribution in [3.8, 4) is 11.5 Å². The molecule has 0 saturated carbocycles. The van der Waals surface area contributed by atoms with Gasteiger partial charge >= 0.3 is 0 Å². The van der Waals surface area contributed by atoms with Crippen LogP contribution in [0, 0.1) is 0 Å². The molecule has 0 radical (unpaired) electrons. The predicted molar refractivity (Wildman–Crippen MR) is 105 cm³/mol. The lowest BCUT2D eigenvalue weighted by atomic mass is 10.1. The number of nitrogens with one attached hydrogen (secondary N) is 1. The Morgan fingerprint density at radius 3 is 2.44 bits per heavy atom. The zero-order chi connectivity index (χ0) is 20.2. The number of rotatable bonds is 7. The summed E-state index contributed by atoms with van der Waals surface area (Å²) < 4.78 is 35.7. The number of carbonyl (C=O) groups excluding carboxylic acids is 1. The third-order valence-corrected chi connectivity index (χ3v) is 4.68. The number of amides is 1. The number of nitrogens with zero attached hydrogens (tertiary/aromatic N) is 1. The molecule has 0 fully saturated rings. The maximum atomic E-state index is 12.7. The van der Waals surface area contributed by atoms with E-state index >= 15 is 0 Å². The van der Waals surface area contributed by atoms with Crippen molar-refractivity contribution < 1.29 is 22.7 Å². The number of carbonyl (C=O) groups is 1. The van der Waals surface area contributed by atoms with E-state index in [-0.39, 0.29) is 16.6 Å². The second-order valence-electron chi connectivity index (χ2n) is 5.91. The molecule has 7 nitrogen and oxygen atoms in total. The lowest BCUT2D eigenvalue weighted by Crippen LogP contribution is -2.26. The molecule has 0 aliphatic carbocycles. The lowest BCUT2D eigenvalue weighted by Gasteiger charge is -2.20. The van der Waals surface area contributed by atoms with Crippen molar-refractivity contribution in [3.63, 3.8) is 0 Å². The minimum absolute atomic E-state index is 0.153. The third kappa shape index (κ3) is 5.51. The molecule has 146 valence electrons. The average Bonchev–Trinajstić information content (AvgIpc) is 2.62. The summed E-state index contributed by atoms with van der Waals surface area (Å²) in [6, 6.07) is 9.77. The molecule has 0 aromatic heterocycles. The first-order valence-electron chi connectivity index (χ1n) is 7.88. The van der Waals surface area contributed by atoms with E-state index in [1.807, 2.05) is 6.07 Å². The fourth-order valence-corrected chi connectivity index (χ4v) is 3.26. The van der Waals surface area contributed by atoms with Crippen molar-refractivity contribution >= 4 is 33.2 Å². The molecule has 0 heterocycles. The van der Waals surface area contributed by atoms with Crippen molar-refractivity contribution in [3.05, 3.63) is 52.5 Å². The molecular weight excluding hydrogens is 392 g/mol. The highest BCUT2D eigenvalue weighted by atomic mass is 35.5. The Bertz CT molecular complexity index is 947. The van der Waals surface area contributed by atoms with Crippen molar-refractivity contribution in [1.82, 2.24) is 4.90 Å². The van der Waals surface area contributed by atoms with E-state index in [1.165, 1.54) is 17.0 Å². The van der Waals surface area contributed by atoms with Gasteiger partial charge in [0, 0.05) is 30.8 Å². The van der Waals surface area contributed by atoms with Gasteiger partial charge in [0.2, 0.25) is 10.0 Å². The van der Waals surface area contributed by atoms with Gasteiger partial charge in [0.05, 0.1) is 31.2 Å². The first-order valence-corrected chi connectivity index (χ1v) is 10.1. The Balaban J connectivity index is 2.24. The monoisotopic (exact) mass is 412 g/mol. The van der Waals surface area contributed by atoms with Gasteiger partial charge in [-0.25, -0.2) is 8.42 Å². The van der Waals surface area contributed by atoms with Crippen LogP contribution in [0.25, 0.3) is 0 Å². The summed E-state index contributed by atoms with van der Waals surface area (Å²) in [5.41, 5.74) is 1.26. The van der Waals surface area contributed by atoms with Gasteiger partial charge in [-0.15, -0.1) is 0 Å². The molecule has 0 aliphatic rings. The number of halogens is 1. The zero-order valence-corrected chi connectivity index (χ0v) is 17.0. The molecule has 2 aromatic rings. The summed E-state index contributed by atoms with van der Waals surface area (Å²) in [4.78, 5) is 14.2. The fourth-order valence-electron chi connectivity index (χ4n) is 2.47. The van der Waals surface area contributed by atoms with Crippen LogP contribution < -0.4 is 14.2 Å². The van der Waals surface area contributed by atoms with Crippen molar-refractivity contribution in [2.75, 3.05) is 32.2 Å². The molecule has 0 spiro atoms. The van der Waals surface area contributed by atoms with Crippen molar-refractivity contribution in [1.29, 1.82) is 0 Å². The van der Waals surface area contributed by atoms with Gasteiger partial charge in [0.1, 0.15) is 11.5 Å². The van der Waals surface area contributed by atoms with Gasteiger partial charge in [-0.3, -0.25) is 9.52 Å². The number of hydrogen-bond acceptors (Lipinski definition) is 5. The van der Waals surface area contributed by atoms with Crippen molar-refractivity contribution in [2.45, 2.75) is 6.54 Å². The minimum atomic E-state index is -3.51. The van der Waals surface area contributed by atoms with Crippen LogP contribution in [0.1, 0.15) is 15.9 Å². The van der Waals surface area contributed by atoms with Crippen LogP contribution in [0.2, 0.25) is 5.02 Å². The molecule has 9 heteroatoms. The van der Waals surface area contributed by atoms with Crippen molar-refractivity contribution in [2.24, 2.45) is 0 Å². The van der Waals surface area contributed by atoms with E-state index in [0.717, 1.165) is 11.8 Å². The summed E-state index contributed by atoms with van der Waals surface area (Å²) in [5.74, 6) is 0.962. The zero-order valence-electron chi connectivity index (χ0n) is 15.4. The number of hydrogen-bond donors (Lipinski definition) is 1. The van der Waals surface area contributed by atoms with Crippen LogP contribution in [0.3, 0.4) is 0 Å². The van der Waals surface area contributed by atoms with Gasteiger partial charge in [-0.05, 0) is 30.3 Å². The summed E-state index contributed by atoms with van der Waals surface area (Å²) >= 11 is 6.00. The number of benzene rings is 2. The molecule has 0 unspecified atom stereocenters. The van der Waals surface area contributed by atoms with Crippen LogP contribution in [0.4, 0.5) is 5.69 Å². The smallest absolute Gasteiger partial charge is 0.253 e. The number of ether oxygens (including phenoxy) is 2. The van der Waals surface area contributed by atoms with Gasteiger partial charge in [-0.1, -0.05) is 11.6 Å². The summed E-state index contributed by atoms with van der Waals surface area (Å²) in [6.45, 7) is 0.295. The molecule has 0 aliphatic heterocycles. The molecule has 0 bridgehead atoms. The Hall–Kier alpha value is -2.45. The summed E-state index contributed by atoms with van der Waals surface area (Å²) in [7, 11) is 1.24. The fraction of sp³-hybridized carbons (Fsp3) is 0.278. The maximum Gasteiger partial charge on any atom is 0.253 e. The van der Waals surface area contributed by atoms with E-state index in [4.69, 9.17) is 21.1 Å². The average molecular weight is 413 g/mol. The standard InChI is InChI=1S/C18H21ClN2O5S/c1-21(11-13-5-7-14(25-2)10-17(13)26-3)18(22)12-6-8-15(19)16(9-12)20-27(4,23)24/h5-10,20H,11H2,1-4H3. The largest absolute Gasteiger partial charge is 0.497 e. The van der Waals surface area contributed by atoms with Gasteiger partial charge < -0.3 is 14.4 Å². The maximum absolute atomic E-state index is 12.7. The highest BCUT2D eigenvalue weighted by Crippen LogP contribution is 2.27. The highest BCUT2D eigenvalue weighted by molar-refractivity contribution is 7.92. The Morgan fingerprint density at radius 1 is 1.15 bits per heavy atom. The van der Waals surface area contributed by atoms with E-state index < -0.39 is 10.0 Å². The summed E-state index contributed by atoms with van der Waals surface area (Å²) in [5, 5.41) is 0.205. The van der Waals surface area contributed by atoms with Gasteiger partial charge in [0.15, 0.2) is 0 Å². The Labute approximate surface area is 163 Å². The molecule has 1 N–H and O–H groups in total. The first kappa shape index (κ1) is 20.9.